The Bertz CT molecular complexity index is 462. The van der Waals surface area contributed by atoms with Gasteiger partial charge in [0, 0.05) is 10.1 Å². The SMILES string of the molecule is CCNC1(C#N)CCCC(Sc2ccccc2C)C1. The zero-order chi connectivity index (χ0) is 13.7. The molecule has 1 aliphatic rings. The summed E-state index contributed by atoms with van der Waals surface area (Å²) in [6, 6.07) is 11.1. The second-order valence-electron chi connectivity index (χ2n) is 5.33. The third kappa shape index (κ3) is 3.52. The number of hydrogen-bond acceptors (Lipinski definition) is 3. The van der Waals surface area contributed by atoms with E-state index in [4.69, 9.17) is 0 Å². The number of nitrogens with zero attached hydrogens (tertiary/aromatic N) is 1. The molecule has 1 aromatic rings. The molecule has 2 nitrogen and oxygen atoms in total. The highest BCUT2D eigenvalue weighted by Gasteiger charge is 2.36. The number of rotatable bonds is 4. The minimum absolute atomic E-state index is 0.298. The molecule has 3 heteroatoms. The van der Waals surface area contributed by atoms with Crippen LogP contribution in [0.3, 0.4) is 0 Å². The molecule has 1 saturated carbocycles. The lowest BCUT2D eigenvalue weighted by atomic mass is 9.82. The van der Waals surface area contributed by atoms with Crippen molar-refractivity contribution in [1.29, 1.82) is 5.26 Å². The van der Waals surface area contributed by atoms with E-state index in [1.54, 1.807) is 0 Å². The highest BCUT2D eigenvalue weighted by molar-refractivity contribution is 8.00. The van der Waals surface area contributed by atoms with Crippen LogP contribution < -0.4 is 5.32 Å². The minimum Gasteiger partial charge on any atom is -0.300 e. The van der Waals surface area contributed by atoms with E-state index in [0.717, 1.165) is 25.8 Å². The summed E-state index contributed by atoms with van der Waals surface area (Å²) in [6.07, 6.45) is 4.30. The fourth-order valence-electron chi connectivity index (χ4n) is 2.83. The smallest absolute Gasteiger partial charge is 0.107 e. The van der Waals surface area contributed by atoms with Gasteiger partial charge in [0.05, 0.1) is 6.07 Å². The predicted molar refractivity (Wildman–Crippen MR) is 81.3 cm³/mol. The topological polar surface area (TPSA) is 35.8 Å². The molecular formula is C16H22N2S. The Morgan fingerprint density at radius 2 is 2.26 bits per heavy atom. The van der Waals surface area contributed by atoms with E-state index < -0.39 is 0 Å². The van der Waals surface area contributed by atoms with Crippen LogP contribution in [-0.4, -0.2) is 17.3 Å². The predicted octanol–water partition coefficient (Wildman–Crippen LogP) is 3.90. The largest absolute Gasteiger partial charge is 0.300 e. The first-order valence-electron chi connectivity index (χ1n) is 7.08. The van der Waals surface area contributed by atoms with Crippen molar-refractivity contribution in [3.8, 4) is 6.07 Å². The van der Waals surface area contributed by atoms with Gasteiger partial charge in [0.25, 0.3) is 0 Å². The fourth-order valence-corrected chi connectivity index (χ4v) is 4.26. The Morgan fingerprint density at radius 3 is 2.95 bits per heavy atom. The van der Waals surface area contributed by atoms with Gasteiger partial charge in [0.2, 0.25) is 0 Å². The average Bonchev–Trinajstić information content (AvgIpc) is 2.42. The molecule has 0 aromatic heterocycles. The lowest BCUT2D eigenvalue weighted by Gasteiger charge is -2.36. The number of hydrogen-bond donors (Lipinski definition) is 1. The minimum atomic E-state index is -0.298. The molecule has 0 spiro atoms. The van der Waals surface area contributed by atoms with Crippen LogP contribution in [-0.2, 0) is 0 Å². The molecular weight excluding hydrogens is 252 g/mol. The van der Waals surface area contributed by atoms with Crippen LogP contribution in [0.2, 0.25) is 0 Å². The van der Waals surface area contributed by atoms with Crippen LogP contribution in [0, 0.1) is 18.3 Å². The molecule has 102 valence electrons. The van der Waals surface area contributed by atoms with E-state index >= 15 is 0 Å². The maximum Gasteiger partial charge on any atom is 0.107 e. The zero-order valence-corrected chi connectivity index (χ0v) is 12.6. The average molecular weight is 274 g/mol. The lowest BCUT2D eigenvalue weighted by molar-refractivity contribution is 0.309. The van der Waals surface area contributed by atoms with Crippen LogP contribution in [0.5, 0.6) is 0 Å². The second-order valence-corrected chi connectivity index (χ2v) is 6.67. The highest BCUT2D eigenvalue weighted by atomic mass is 32.2. The van der Waals surface area contributed by atoms with Crippen molar-refractivity contribution in [1.82, 2.24) is 5.32 Å². The monoisotopic (exact) mass is 274 g/mol. The number of benzene rings is 1. The summed E-state index contributed by atoms with van der Waals surface area (Å²) in [6.45, 7) is 5.11. The highest BCUT2D eigenvalue weighted by Crippen LogP contribution is 2.38. The van der Waals surface area contributed by atoms with Crippen molar-refractivity contribution in [3.63, 3.8) is 0 Å². The van der Waals surface area contributed by atoms with Gasteiger partial charge >= 0.3 is 0 Å². The van der Waals surface area contributed by atoms with Gasteiger partial charge in [0.1, 0.15) is 5.54 Å². The number of aryl methyl sites for hydroxylation is 1. The Morgan fingerprint density at radius 1 is 1.47 bits per heavy atom. The molecule has 0 bridgehead atoms. The summed E-state index contributed by atoms with van der Waals surface area (Å²) in [7, 11) is 0. The van der Waals surface area contributed by atoms with Crippen molar-refractivity contribution < 1.29 is 0 Å². The van der Waals surface area contributed by atoms with Gasteiger partial charge < -0.3 is 0 Å². The molecule has 0 amide bonds. The summed E-state index contributed by atoms with van der Waals surface area (Å²) >= 11 is 1.94. The molecule has 1 aromatic carbocycles. The molecule has 1 fully saturated rings. The lowest BCUT2D eigenvalue weighted by Crippen LogP contribution is -2.48. The normalized spacial score (nSPS) is 26.9. The summed E-state index contributed by atoms with van der Waals surface area (Å²) in [5.41, 5.74) is 1.04. The van der Waals surface area contributed by atoms with Gasteiger partial charge in [-0.1, -0.05) is 25.1 Å². The van der Waals surface area contributed by atoms with Gasteiger partial charge in [-0.05, 0) is 50.8 Å². The first kappa shape index (κ1) is 14.4. The van der Waals surface area contributed by atoms with Crippen LogP contribution in [0.1, 0.15) is 38.2 Å². The second kappa shape index (κ2) is 6.45. The Kier molecular flexibility index (Phi) is 4.90. The van der Waals surface area contributed by atoms with E-state index in [9.17, 15) is 5.26 Å². The summed E-state index contributed by atoms with van der Waals surface area (Å²) in [5, 5.41) is 13.4. The van der Waals surface area contributed by atoms with E-state index in [2.05, 4.69) is 49.5 Å². The van der Waals surface area contributed by atoms with Crippen molar-refractivity contribution in [2.45, 2.75) is 55.2 Å². The van der Waals surface area contributed by atoms with Gasteiger partial charge in [-0.15, -0.1) is 11.8 Å². The molecule has 1 N–H and O–H groups in total. The number of nitrogens with one attached hydrogen (secondary N) is 1. The molecule has 2 atom stereocenters. The Balaban J connectivity index is 2.06. The van der Waals surface area contributed by atoms with Crippen LogP contribution in [0.25, 0.3) is 0 Å². The number of nitriles is 1. The summed E-state index contributed by atoms with van der Waals surface area (Å²) < 4.78 is 0. The molecule has 0 saturated heterocycles. The standard InChI is InChI=1S/C16H22N2S/c1-3-18-16(12-17)10-6-8-14(11-16)19-15-9-5-4-7-13(15)2/h4-5,7,9,14,18H,3,6,8,10-11H2,1-2H3. The summed E-state index contributed by atoms with van der Waals surface area (Å²) in [4.78, 5) is 1.36. The van der Waals surface area contributed by atoms with Crippen LogP contribution in [0.15, 0.2) is 29.2 Å². The fraction of sp³-hybridized carbons (Fsp3) is 0.562. The van der Waals surface area contributed by atoms with Gasteiger partial charge in [-0.2, -0.15) is 5.26 Å². The molecule has 2 unspecified atom stereocenters. The van der Waals surface area contributed by atoms with Gasteiger partial charge in [0.15, 0.2) is 0 Å². The van der Waals surface area contributed by atoms with Gasteiger partial charge in [-0.3, -0.25) is 5.32 Å². The van der Waals surface area contributed by atoms with Crippen LogP contribution in [0.4, 0.5) is 0 Å². The van der Waals surface area contributed by atoms with Crippen molar-refractivity contribution in [2.24, 2.45) is 0 Å². The first-order valence-corrected chi connectivity index (χ1v) is 7.95. The maximum absolute atomic E-state index is 9.49. The van der Waals surface area contributed by atoms with E-state index in [0.29, 0.717) is 5.25 Å². The third-order valence-corrected chi connectivity index (χ3v) is 5.27. The van der Waals surface area contributed by atoms with Crippen molar-refractivity contribution >= 4 is 11.8 Å². The zero-order valence-electron chi connectivity index (χ0n) is 11.8. The molecule has 0 heterocycles. The van der Waals surface area contributed by atoms with E-state index in [1.807, 2.05) is 11.8 Å². The van der Waals surface area contributed by atoms with E-state index in [1.165, 1.54) is 16.9 Å². The van der Waals surface area contributed by atoms with E-state index in [-0.39, 0.29) is 5.54 Å². The Labute approximate surface area is 120 Å². The number of thioether (sulfide) groups is 1. The molecule has 1 aliphatic carbocycles. The first-order chi connectivity index (χ1) is 9.19. The van der Waals surface area contributed by atoms with Gasteiger partial charge in [-0.25, -0.2) is 0 Å². The molecule has 19 heavy (non-hydrogen) atoms. The molecule has 0 radical (unpaired) electrons. The Hall–Kier alpha value is -0.980. The molecule has 0 aliphatic heterocycles. The third-order valence-electron chi connectivity index (χ3n) is 3.82. The van der Waals surface area contributed by atoms with Crippen LogP contribution >= 0.6 is 11.8 Å². The maximum atomic E-state index is 9.49. The van der Waals surface area contributed by atoms with Crippen molar-refractivity contribution in [3.05, 3.63) is 29.8 Å². The quantitative estimate of drug-likeness (QED) is 0.904. The summed E-state index contributed by atoms with van der Waals surface area (Å²) in [5.74, 6) is 0. The molecule has 2 rings (SSSR count). The van der Waals surface area contributed by atoms with Crippen molar-refractivity contribution in [2.75, 3.05) is 6.54 Å².